The van der Waals surface area contributed by atoms with Gasteiger partial charge in [-0.2, -0.15) is 13.2 Å². The Morgan fingerprint density at radius 2 is 1.87 bits per heavy atom. The van der Waals surface area contributed by atoms with Crippen molar-refractivity contribution < 1.29 is 22.4 Å². The van der Waals surface area contributed by atoms with Crippen molar-refractivity contribution in [3.05, 3.63) is 34.1 Å². The summed E-state index contributed by atoms with van der Waals surface area (Å²) in [5.41, 5.74) is -1.18. The highest BCUT2D eigenvalue weighted by molar-refractivity contribution is 6.34. The van der Waals surface area contributed by atoms with Gasteiger partial charge in [0, 0.05) is 0 Å². The first-order valence-electron chi connectivity index (χ1n) is 3.81. The van der Waals surface area contributed by atoms with Gasteiger partial charge in [0.05, 0.1) is 10.6 Å². The van der Waals surface area contributed by atoms with Crippen LogP contribution in [0.25, 0.3) is 0 Å². The topological polar surface area (TPSA) is 17.1 Å². The van der Waals surface area contributed by atoms with E-state index in [1.54, 1.807) is 0 Å². The van der Waals surface area contributed by atoms with E-state index < -0.39 is 28.4 Å². The summed E-state index contributed by atoms with van der Waals surface area (Å²) in [5, 5.41) is -0.541. The molecule has 0 N–H and O–H groups in total. The molecule has 0 spiro atoms. The summed E-state index contributed by atoms with van der Waals surface area (Å²) >= 11 is 5.34. The average Bonchev–Trinajstić information content (AvgIpc) is 2.10. The summed E-state index contributed by atoms with van der Waals surface area (Å²) in [6, 6.07) is 2.25. The number of carbonyl (C=O) groups excluding carboxylic acids is 1. The Labute approximate surface area is 87.7 Å². The first-order valence-corrected chi connectivity index (χ1v) is 4.19. The number of Topliss-reactive ketones (excluding diaryl/α,β-unsaturated/α-hetero) is 1. The minimum absolute atomic E-state index is 0.0630. The number of aryl methyl sites for hydroxylation is 1. The van der Waals surface area contributed by atoms with Crippen LogP contribution in [-0.4, -0.2) is 12.0 Å². The lowest BCUT2D eigenvalue weighted by atomic mass is 10.1. The van der Waals surface area contributed by atoms with E-state index in [4.69, 9.17) is 11.6 Å². The zero-order valence-electron chi connectivity index (χ0n) is 7.45. The Kier molecular flexibility index (Phi) is 3.04. The summed E-state index contributed by atoms with van der Waals surface area (Å²) in [6.45, 7) is 1.25. The lowest BCUT2D eigenvalue weighted by Gasteiger charge is -2.09. The van der Waals surface area contributed by atoms with Crippen LogP contribution in [0, 0.1) is 12.7 Å². The highest BCUT2D eigenvalue weighted by Crippen LogP contribution is 2.29. The van der Waals surface area contributed by atoms with E-state index in [-0.39, 0.29) is 5.56 Å². The van der Waals surface area contributed by atoms with E-state index in [1.165, 1.54) is 13.0 Å². The van der Waals surface area contributed by atoms with Gasteiger partial charge in [0.2, 0.25) is 0 Å². The van der Waals surface area contributed by atoms with Crippen molar-refractivity contribution in [1.82, 2.24) is 0 Å². The fourth-order valence-electron chi connectivity index (χ4n) is 1.01. The van der Waals surface area contributed by atoms with Gasteiger partial charge in [0.15, 0.2) is 0 Å². The van der Waals surface area contributed by atoms with Crippen LogP contribution in [0.2, 0.25) is 5.02 Å². The third-order valence-electron chi connectivity index (χ3n) is 1.77. The number of rotatable bonds is 1. The zero-order valence-corrected chi connectivity index (χ0v) is 8.21. The van der Waals surface area contributed by atoms with Crippen molar-refractivity contribution in [2.45, 2.75) is 13.1 Å². The maximum Gasteiger partial charge on any atom is 0.455 e. The highest BCUT2D eigenvalue weighted by Gasteiger charge is 2.42. The van der Waals surface area contributed by atoms with Crippen LogP contribution in [-0.2, 0) is 0 Å². The van der Waals surface area contributed by atoms with Crippen molar-refractivity contribution >= 4 is 17.4 Å². The van der Waals surface area contributed by atoms with Gasteiger partial charge in [-0.1, -0.05) is 17.7 Å². The molecule has 0 aliphatic carbocycles. The standard InChI is InChI=1S/C9H5ClF4O/c1-4-2-3-5(10)6(7(4)11)8(15)9(12,13)14/h2-3H,1H3. The van der Waals surface area contributed by atoms with Gasteiger partial charge in [0.25, 0.3) is 5.78 Å². The summed E-state index contributed by atoms with van der Waals surface area (Å²) in [4.78, 5) is 10.8. The van der Waals surface area contributed by atoms with E-state index in [9.17, 15) is 22.4 Å². The monoisotopic (exact) mass is 240 g/mol. The summed E-state index contributed by atoms with van der Waals surface area (Å²) in [6.07, 6.45) is -5.13. The normalized spacial score (nSPS) is 11.6. The molecule has 1 aromatic carbocycles. The van der Waals surface area contributed by atoms with Gasteiger partial charge in [-0.05, 0) is 18.6 Å². The van der Waals surface area contributed by atoms with Crippen molar-refractivity contribution in [1.29, 1.82) is 0 Å². The average molecular weight is 241 g/mol. The van der Waals surface area contributed by atoms with Gasteiger partial charge < -0.3 is 0 Å². The molecule has 82 valence electrons. The predicted molar refractivity (Wildman–Crippen MR) is 46.5 cm³/mol. The van der Waals surface area contributed by atoms with Gasteiger partial charge in [-0.3, -0.25) is 4.79 Å². The molecule has 0 amide bonds. The molecule has 0 saturated heterocycles. The van der Waals surface area contributed by atoms with Crippen LogP contribution in [0.4, 0.5) is 17.6 Å². The molecular formula is C9H5ClF4O. The van der Waals surface area contributed by atoms with Gasteiger partial charge in [0.1, 0.15) is 5.82 Å². The molecule has 1 nitrogen and oxygen atoms in total. The molecule has 1 rings (SSSR count). The number of hydrogen-bond donors (Lipinski definition) is 0. The van der Waals surface area contributed by atoms with E-state index >= 15 is 0 Å². The van der Waals surface area contributed by atoms with Crippen LogP contribution in [0.3, 0.4) is 0 Å². The minimum Gasteiger partial charge on any atom is -0.284 e. The first kappa shape index (κ1) is 12.0. The van der Waals surface area contributed by atoms with E-state index in [2.05, 4.69) is 0 Å². The van der Waals surface area contributed by atoms with Crippen molar-refractivity contribution in [3.8, 4) is 0 Å². The Morgan fingerprint density at radius 3 is 2.33 bits per heavy atom. The lowest BCUT2D eigenvalue weighted by molar-refractivity contribution is -0.0887. The van der Waals surface area contributed by atoms with Crippen LogP contribution < -0.4 is 0 Å². The number of halogens is 5. The van der Waals surface area contributed by atoms with Crippen LogP contribution in [0.5, 0.6) is 0 Å². The largest absolute Gasteiger partial charge is 0.455 e. The maximum atomic E-state index is 13.2. The molecule has 0 fully saturated rings. The Balaban J connectivity index is 3.38. The van der Waals surface area contributed by atoms with Crippen molar-refractivity contribution in [2.75, 3.05) is 0 Å². The van der Waals surface area contributed by atoms with E-state index in [1.807, 2.05) is 0 Å². The molecule has 0 bridgehead atoms. The molecule has 0 heterocycles. The van der Waals surface area contributed by atoms with Crippen LogP contribution in [0.1, 0.15) is 15.9 Å². The van der Waals surface area contributed by atoms with E-state index in [0.717, 1.165) is 6.07 Å². The van der Waals surface area contributed by atoms with Gasteiger partial charge in [-0.15, -0.1) is 0 Å². The molecule has 0 aromatic heterocycles. The predicted octanol–water partition coefficient (Wildman–Crippen LogP) is 3.53. The summed E-state index contributed by atoms with van der Waals surface area (Å²) in [5.74, 6) is -3.50. The molecule has 0 aliphatic rings. The number of ketones is 1. The molecule has 0 aliphatic heterocycles. The molecule has 6 heteroatoms. The number of hydrogen-bond acceptors (Lipinski definition) is 1. The fraction of sp³-hybridized carbons (Fsp3) is 0.222. The fourth-order valence-corrected chi connectivity index (χ4v) is 1.24. The molecule has 15 heavy (non-hydrogen) atoms. The number of benzene rings is 1. The molecule has 1 aromatic rings. The smallest absolute Gasteiger partial charge is 0.284 e. The Bertz CT molecular complexity index is 411. The zero-order chi connectivity index (χ0) is 11.8. The van der Waals surface area contributed by atoms with E-state index in [0.29, 0.717) is 0 Å². The number of carbonyl (C=O) groups is 1. The summed E-state index contributed by atoms with van der Waals surface area (Å²) < 4.78 is 49.4. The lowest BCUT2D eigenvalue weighted by Crippen LogP contribution is -2.24. The molecule has 0 radical (unpaired) electrons. The Morgan fingerprint density at radius 1 is 1.33 bits per heavy atom. The minimum atomic E-state index is -5.13. The van der Waals surface area contributed by atoms with Crippen LogP contribution in [0.15, 0.2) is 12.1 Å². The first-order chi connectivity index (χ1) is 6.75. The highest BCUT2D eigenvalue weighted by atomic mass is 35.5. The van der Waals surface area contributed by atoms with Crippen molar-refractivity contribution in [3.63, 3.8) is 0 Å². The Hall–Kier alpha value is -1.10. The van der Waals surface area contributed by atoms with Crippen LogP contribution >= 0.6 is 11.6 Å². The van der Waals surface area contributed by atoms with Crippen molar-refractivity contribution in [2.24, 2.45) is 0 Å². The molecule has 0 saturated carbocycles. The second-order valence-corrected chi connectivity index (χ2v) is 3.29. The maximum absolute atomic E-state index is 13.2. The third kappa shape index (κ3) is 2.28. The second kappa shape index (κ2) is 3.81. The molecular weight excluding hydrogens is 236 g/mol. The SMILES string of the molecule is Cc1ccc(Cl)c(C(=O)C(F)(F)F)c1F. The molecule has 0 unspecified atom stereocenters. The molecule has 0 atom stereocenters. The van der Waals surface area contributed by atoms with Gasteiger partial charge in [-0.25, -0.2) is 4.39 Å². The quantitative estimate of drug-likeness (QED) is 0.542. The van der Waals surface area contributed by atoms with Gasteiger partial charge >= 0.3 is 6.18 Å². The second-order valence-electron chi connectivity index (χ2n) is 2.88. The number of alkyl halides is 3. The summed E-state index contributed by atoms with van der Waals surface area (Å²) in [7, 11) is 0. The third-order valence-corrected chi connectivity index (χ3v) is 2.08.